The normalized spacial score (nSPS) is 19.4. The first-order chi connectivity index (χ1) is 15.4. The molecule has 1 N–H and O–H groups in total. The maximum Gasteiger partial charge on any atom is 0.339 e. The lowest BCUT2D eigenvalue weighted by atomic mass is 10.0. The maximum atomic E-state index is 13.2. The van der Waals surface area contributed by atoms with Crippen molar-refractivity contribution in [2.45, 2.75) is 45.3 Å². The topological polar surface area (TPSA) is 84.9 Å². The van der Waals surface area contributed by atoms with Gasteiger partial charge >= 0.3 is 5.97 Å². The van der Waals surface area contributed by atoms with Crippen LogP contribution < -0.4 is 5.32 Å². The van der Waals surface area contributed by atoms with Crippen molar-refractivity contribution in [3.8, 4) is 0 Å². The summed E-state index contributed by atoms with van der Waals surface area (Å²) in [4.78, 5) is 39.7. The van der Waals surface area contributed by atoms with Crippen molar-refractivity contribution >= 4 is 23.5 Å². The second kappa shape index (κ2) is 9.53. The van der Waals surface area contributed by atoms with Crippen molar-refractivity contribution in [2.75, 3.05) is 25.0 Å². The van der Waals surface area contributed by atoms with E-state index in [9.17, 15) is 14.4 Å². The molecule has 2 aliphatic rings. The SMILES string of the molecule is Cc1cccc(NC(=O)CN(CC2CCCO2)C(=O)CC2OC(=O)c3ccccc32)c1C. The fourth-order valence-corrected chi connectivity index (χ4v) is 4.20. The number of benzene rings is 2. The number of esters is 1. The molecule has 1 fully saturated rings. The third kappa shape index (κ3) is 4.83. The van der Waals surface area contributed by atoms with Crippen molar-refractivity contribution in [2.24, 2.45) is 0 Å². The van der Waals surface area contributed by atoms with E-state index in [-0.39, 0.29) is 30.9 Å². The Morgan fingerprint density at radius 3 is 2.72 bits per heavy atom. The minimum absolute atomic E-state index is 0.00771. The van der Waals surface area contributed by atoms with Crippen LogP contribution in [0.1, 0.15) is 52.4 Å². The highest BCUT2D eigenvalue weighted by Gasteiger charge is 2.34. The number of hydrogen-bond acceptors (Lipinski definition) is 5. The maximum absolute atomic E-state index is 13.2. The number of carbonyl (C=O) groups is 3. The second-order valence-electron chi connectivity index (χ2n) is 8.39. The Balaban J connectivity index is 1.46. The van der Waals surface area contributed by atoms with Gasteiger partial charge in [-0.15, -0.1) is 0 Å². The van der Waals surface area contributed by atoms with Gasteiger partial charge in [0.2, 0.25) is 11.8 Å². The van der Waals surface area contributed by atoms with E-state index in [2.05, 4.69) is 5.32 Å². The van der Waals surface area contributed by atoms with E-state index < -0.39 is 12.1 Å². The van der Waals surface area contributed by atoms with E-state index in [1.807, 2.05) is 38.1 Å². The molecule has 0 bridgehead atoms. The largest absolute Gasteiger partial charge is 0.453 e. The molecule has 2 unspecified atom stereocenters. The van der Waals surface area contributed by atoms with Crippen molar-refractivity contribution in [1.29, 1.82) is 0 Å². The highest BCUT2D eigenvalue weighted by Crippen LogP contribution is 2.33. The van der Waals surface area contributed by atoms with Gasteiger partial charge in [0.15, 0.2) is 0 Å². The summed E-state index contributed by atoms with van der Waals surface area (Å²) in [5.74, 6) is -0.934. The first kappa shape index (κ1) is 22.0. The lowest BCUT2D eigenvalue weighted by Gasteiger charge is -2.26. The summed E-state index contributed by atoms with van der Waals surface area (Å²) in [7, 11) is 0. The van der Waals surface area contributed by atoms with Gasteiger partial charge in [0.05, 0.1) is 24.6 Å². The summed E-state index contributed by atoms with van der Waals surface area (Å²) >= 11 is 0. The smallest absolute Gasteiger partial charge is 0.339 e. The predicted molar refractivity (Wildman–Crippen MR) is 119 cm³/mol. The molecule has 2 aromatic rings. The van der Waals surface area contributed by atoms with Crippen molar-refractivity contribution < 1.29 is 23.9 Å². The summed E-state index contributed by atoms with van der Waals surface area (Å²) < 4.78 is 11.1. The monoisotopic (exact) mass is 436 g/mol. The fourth-order valence-electron chi connectivity index (χ4n) is 4.20. The number of fused-ring (bicyclic) bond motifs is 1. The van der Waals surface area contributed by atoms with Crippen LogP contribution in [0.3, 0.4) is 0 Å². The Morgan fingerprint density at radius 2 is 1.94 bits per heavy atom. The third-order valence-electron chi connectivity index (χ3n) is 6.15. The number of amides is 2. The number of nitrogens with one attached hydrogen (secondary N) is 1. The minimum atomic E-state index is -0.639. The molecule has 0 saturated carbocycles. The average molecular weight is 437 g/mol. The predicted octanol–water partition coefficient (Wildman–Crippen LogP) is 3.55. The molecule has 32 heavy (non-hydrogen) atoms. The second-order valence-corrected chi connectivity index (χ2v) is 8.39. The number of rotatable bonds is 7. The van der Waals surface area contributed by atoms with Crippen LogP contribution in [-0.4, -0.2) is 48.5 Å². The van der Waals surface area contributed by atoms with Crippen LogP contribution >= 0.6 is 0 Å². The third-order valence-corrected chi connectivity index (χ3v) is 6.15. The van der Waals surface area contributed by atoms with E-state index in [0.29, 0.717) is 24.3 Å². The van der Waals surface area contributed by atoms with Crippen LogP contribution in [0.5, 0.6) is 0 Å². The summed E-state index contributed by atoms with van der Waals surface area (Å²) in [6.45, 7) is 4.84. The Bertz CT molecular complexity index is 1030. The van der Waals surface area contributed by atoms with E-state index in [1.165, 1.54) is 4.90 Å². The van der Waals surface area contributed by atoms with Crippen LogP contribution in [0.25, 0.3) is 0 Å². The highest BCUT2D eigenvalue weighted by atomic mass is 16.5. The van der Waals surface area contributed by atoms with Gasteiger partial charge < -0.3 is 19.7 Å². The van der Waals surface area contributed by atoms with Crippen LogP contribution in [0, 0.1) is 13.8 Å². The first-order valence-electron chi connectivity index (χ1n) is 11.0. The molecule has 2 atom stereocenters. The molecule has 0 spiro atoms. The molecule has 2 aromatic carbocycles. The highest BCUT2D eigenvalue weighted by molar-refractivity contribution is 5.96. The van der Waals surface area contributed by atoms with Gasteiger partial charge in [-0.1, -0.05) is 30.3 Å². The Morgan fingerprint density at radius 1 is 1.12 bits per heavy atom. The standard InChI is InChI=1S/C25H28N2O5/c1-16-7-5-11-21(17(16)2)26-23(28)15-27(14-18-8-6-12-31-18)24(29)13-22-19-9-3-4-10-20(19)25(30)32-22/h3-5,7,9-11,18,22H,6,8,12-15H2,1-2H3,(H,26,28). The number of nitrogens with zero attached hydrogens (tertiary/aromatic N) is 1. The molecule has 7 nitrogen and oxygen atoms in total. The van der Waals surface area contributed by atoms with E-state index in [4.69, 9.17) is 9.47 Å². The minimum Gasteiger partial charge on any atom is -0.453 e. The molecule has 2 heterocycles. The van der Waals surface area contributed by atoms with E-state index in [0.717, 1.165) is 29.7 Å². The molecule has 2 aliphatic heterocycles. The zero-order valence-electron chi connectivity index (χ0n) is 18.4. The molecule has 0 aliphatic carbocycles. The number of hydrogen-bond donors (Lipinski definition) is 1. The molecular formula is C25H28N2O5. The summed E-state index contributed by atoms with van der Waals surface area (Å²) in [5, 5.41) is 2.92. The van der Waals surface area contributed by atoms with E-state index in [1.54, 1.807) is 18.2 Å². The van der Waals surface area contributed by atoms with Gasteiger partial charge in [-0.2, -0.15) is 0 Å². The summed E-state index contributed by atoms with van der Waals surface area (Å²) in [5.41, 5.74) is 4.01. The van der Waals surface area contributed by atoms with Crippen LogP contribution in [-0.2, 0) is 19.1 Å². The van der Waals surface area contributed by atoms with Crippen molar-refractivity contribution in [3.05, 3.63) is 64.7 Å². The average Bonchev–Trinajstić information content (AvgIpc) is 3.39. The number of carbonyl (C=O) groups excluding carboxylic acids is 3. The van der Waals surface area contributed by atoms with Gasteiger partial charge in [-0.25, -0.2) is 4.79 Å². The van der Waals surface area contributed by atoms with Gasteiger partial charge in [0.25, 0.3) is 0 Å². The van der Waals surface area contributed by atoms with Gasteiger partial charge in [-0.3, -0.25) is 9.59 Å². The molecule has 4 rings (SSSR count). The Kier molecular flexibility index (Phi) is 6.55. The molecule has 1 saturated heterocycles. The molecule has 168 valence electrons. The lowest BCUT2D eigenvalue weighted by molar-refractivity contribution is -0.138. The van der Waals surface area contributed by atoms with Crippen molar-refractivity contribution in [1.82, 2.24) is 4.90 Å². The Labute approximate surface area is 187 Å². The van der Waals surface area contributed by atoms with Gasteiger partial charge in [0.1, 0.15) is 6.10 Å². The lowest BCUT2D eigenvalue weighted by Crippen LogP contribution is -2.42. The number of ether oxygens (including phenoxy) is 2. The summed E-state index contributed by atoms with van der Waals surface area (Å²) in [6.07, 6.45) is 1.05. The number of anilines is 1. The first-order valence-corrected chi connectivity index (χ1v) is 11.0. The van der Waals surface area contributed by atoms with Gasteiger partial charge in [-0.05, 0) is 49.9 Å². The molecule has 7 heteroatoms. The van der Waals surface area contributed by atoms with Crippen LogP contribution in [0.4, 0.5) is 5.69 Å². The number of aryl methyl sites for hydroxylation is 1. The van der Waals surface area contributed by atoms with Gasteiger partial charge in [0, 0.05) is 24.4 Å². The quantitative estimate of drug-likeness (QED) is 0.671. The summed E-state index contributed by atoms with van der Waals surface area (Å²) in [6, 6.07) is 12.8. The fraction of sp³-hybridized carbons (Fsp3) is 0.400. The molecule has 2 amide bonds. The zero-order chi connectivity index (χ0) is 22.7. The molecule has 0 aromatic heterocycles. The molecule has 0 radical (unpaired) electrons. The van der Waals surface area contributed by atoms with Crippen LogP contribution in [0.2, 0.25) is 0 Å². The van der Waals surface area contributed by atoms with Crippen molar-refractivity contribution in [3.63, 3.8) is 0 Å². The van der Waals surface area contributed by atoms with E-state index >= 15 is 0 Å². The molecular weight excluding hydrogens is 408 g/mol. The number of cyclic esters (lactones) is 1. The zero-order valence-corrected chi connectivity index (χ0v) is 18.4. The van der Waals surface area contributed by atoms with Crippen LogP contribution in [0.15, 0.2) is 42.5 Å². The Hall–Kier alpha value is -3.19.